The first-order valence-corrected chi connectivity index (χ1v) is 3.37. The molecule has 1 unspecified atom stereocenters. The number of fused-ring (bicyclic) bond motifs is 1. The Hall–Kier alpha value is -1.72. The molecule has 0 aromatic rings. The summed E-state index contributed by atoms with van der Waals surface area (Å²) in [5.41, 5.74) is 5.40. The Labute approximate surface area is 68.6 Å². The first-order chi connectivity index (χ1) is 5.81. The lowest BCUT2D eigenvalue weighted by Crippen LogP contribution is -2.33. The zero-order valence-corrected chi connectivity index (χ0v) is 6.43. The molecule has 2 aliphatic heterocycles. The minimum Gasteiger partial charge on any atom is -0.482 e. The third-order valence-electron chi connectivity index (χ3n) is 1.55. The lowest BCUT2D eigenvalue weighted by molar-refractivity contribution is 0.391. The Morgan fingerprint density at radius 3 is 3.08 bits per heavy atom. The van der Waals surface area contributed by atoms with E-state index in [1.165, 1.54) is 13.4 Å². The highest BCUT2D eigenvalue weighted by Crippen LogP contribution is 2.10. The van der Waals surface area contributed by atoms with Crippen LogP contribution in [0.2, 0.25) is 0 Å². The minimum absolute atomic E-state index is 0.160. The fourth-order valence-electron chi connectivity index (χ4n) is 1.03. The van der Waals surface area contributed by atoms with Crippen molar-refractivity contribution < 1.29 is 4.74 Å². The Bertz CT molecular complexity index is 327. The van der Waals surface area contributed by atoms with E-state index >= 15 is 0 Å². The highest BCUT2D eigenvalue weighted by atomic mass is 16.5. The predicted molar refractivity (Wildman–Crippen MR) is 45.8 cm³/mol. The number of ether oxygens (including phenoxy) is 1. The normalized spacial score (nSPS) is 25.8. The number of aliphatic imine (C=N–C) groups is 4. The van der Waals surface area contributed by atoms with Crippen LogP contribution in [0.15, 0.2) is 20.0 Å². The van der Waals surface area contributed by atoms with Gasteiger partial charge in [-0.15, -0.1) is 0 Å². The van der Waals surface area contributed by atoms with Crippen LogP contribution in [0, 0.1) is 0 Å². The average Bonchev–Trinajstić information content (AvgIpc) is 2.50. The summed E-state index contributed by atoms with van der Waals surface area (Å²) >= 11 is 0. The summed E-state index contributed by atoms with van der Waals surface area (Å²) in [4.78, 5) is 15.7. The minimum atomic E-state index is -0.290. The topological polar surface area (TPSA) is 84.7 Å². The number of methoxy groups -OCH3 is 1. The molecule has 0 aliphatic carbocycles. The maximum atomic E-state index is 5.40. The summed E-state index contributed by atoms with van der Waals surface area (Å²) in [5, 5.41) is 0. The van der Waals surface area contributed by atoms with E-state index in [2.05, 4.69) is 20.0 Å². The van der Waals surface area contributed by atoms with Gasteiger partial charge in [0.15, 0.2) is 11.9 Å². The monoisotopic (exact) mass is 165 g/mol. The van der Waals surface area contributed by atoms with Crippen molar-refractivity contribution in [1.29, 1.82) is 0 Å². The van der Waals surface area contributed by atoms with E-state index in [4.69, 9.17) is 10.5 Å². The molecule has 2 rings (SSSR count). The van der Waals surface area contributed by atoms with Crippen LogP contribution >= 0.6 is 0 Å². The molecule has 12 heavy (non-hydrogen) atoms. The maximum absolute atomic E-state index is 5.40. The first kappa shape index (κ1) is 6.96. The van der Waals surface area contributed by atoms with E-state index in [1.807, 2.05) is 0 Å². The molecule has 0 aromatic heterocycles. The quantitative estimate of drug-likeness (QED) is 0.508. The zero-order chi connectivity index (χ0) is 8.55. The van der Waals surface area contributed by atoms with E-state index in [-0.39, 0.29) is 12.0 Å². The summed E-state index contributed by atoms with van der Waals surface area (Å²) < 4.78 is 4.97. The third-order valence-corrected chi connectivity index (χ3v) is 1.55. The van der Waals surface area contributed by atoms with Gasteiger partial charge in [0.25, 0.3) is 0 Å². The molecule has 0 saturated carbocycles. The van der Waals surface area contributed by atoms with Crippen molar-refractivity contribution in [2.24, 2.45) is 25.7 Å². The van der Waals surface area contributed by atoms with Crippen molar-refractivity contribution in [3.8, 4) is 0 Å². The molecular formula is C6H7N5O. The van der Waals surface area contributed by atoms with Crippen LogP contribution in [0.5, 0.6) is 0 Å². The molecule has 62 valence electrons. The molecule has 6 heteroatoms. The molecule has 0 spiro atoms. The molecule has 0 fully saturated rings. The van der Waals surface area contributed by atoms with Gasteiger partial charge in [0, 0.05) is 0 Å². The molecule has 2 N–H and O–H groups in total. The molecular weight excluding hydrogens is 158 g/mol. The van der Waals surface area contributed by atoms with Crippen LogP contribution in [-0.2, 0) is 4.74 Å². The van der Waals surface area contributed by atoms with Gasteiger partial charge in [0.1, 0.15) is 6.34 Å². The number of guanidine groups is 1. The van der Waals surface area contributed by atoms with Crippen LogP contribution in [-0.4, -0.2) is 37.2 Å². The van der Waals surface area contributed by atoms with Gasteiger partial charge in [-0.3, -0.25) is 4.99 Å². The van der Waals surface area contributed by atoms with Crippen molar-refractivity contribution in [2.45, 2.75) is 6.04 Å². The summed E-state index contributed by atoms with van der Waals surface area (Å²) in [6, 6.07) is -0.290. The molecule has 1 atom stereocenters. The largest absolute Gasteiger partial charge is 0.482 e. The highest BCUT2D eigenvalue weighted by Gasteiger charge is 2.28. The molecule has 6 nitrogen and oxygen atoms in total. The van der Waals surface area contributed by atoms with E-state index in [0.717, 1.165) is 0 Å². The van der Waals surface area contributed by atoms with E-state index in [1.54, 1.807) is 0 Å². The second-order valence-corrected chi connectivity index (χ2v) is 2.28. The van der Waals surface area contributed by atoms with Gasteiger partial charge in [-0.05, 0) is 0 Å². The van der Waals surface area contributed by atoms with Gasteiger partial charge in [-0.2, -0.15) is 9.98 Å². The van der Waals surface area contributed by atoms with E-state index < -0.39 is 0 Å². The van der Waals surface area contributed by atoms with Crippen LogP contribution in [0.25, 0.3) is 0 Å². The Morgan fingerprint density at radius 1 is 1.50 bits per heavy atom. The van der Waals surface area contributed by atoms with Crippen molar-refractivity contribution in [1.82, 2.24) is 0 Å². The summed E-state index contributed by atoms with van der Waals surface area (Å²) in [6.07, 6.45) is 1.43. The molecule has 0 bridgehead atoms. The first-order valence-electron chi connectivity index (χ1n) is 3.37. The lowest BCUT2D eigenvalue weighted by atomic mass is 10.2. The number of hydrogen-bond acceptors (Lipinski definition) is 6. The van der Waals surface area contributed by atoms with Crippen molar-refractivity contribution in [2.75, 3.05) is 7.11 Å². The molecule has 2 heterocycles. The second-order valence-electron chi connectivity index (χ2n) is 2.28. The van der Waals surface area contributed by atoms with Gasteiger partial charge >= 0.3 is 0 Å². The summed E-state index contributed by atoms with van der Waals surface area (Å²) in [6.45, 7) is 0. The number of nitrogens with zero attached hydrogens (tertiary/aromatic N) is 4. The lowest BCUT2D eigenvalue weighted by Gasteiger charge is -2.13. The Kier molecular flexibility index (Phi) is 1.39. The Morgan fingerprint density at radius 2 is 2.33 bits per heavy atom. The zero-order valence-electron chi connectivity index (χ0n) is 6.43. The van der Waals surface area contributed by atoms with Crippen LogP contribution < -0.4 is 5.73 Å². The van der Waals surface area contributed by atoms with E-state index in [0.29, 0.717) is 11.7 Å². The molecule has 0 amide bonds. The van der Waals surface area contributed by atoms with Gasteiger partial charge in [-0.25, -0.2) is 4.99 Å². The number of rotatable bonds is 0. The SMILES string of the molecule is COC1=NC(N)=NC2=NC=NC21. The van der Waals surface area contributed by atoms with Gasteiger partial charge in [-0.1, -0.05) is 0 Å². The smallest absolute Gasteiger partial charge is 0.224 e. The highest BCUT2D eigenvalue weighted by molar-refractivity contribution is 6.20. The number of nitrogens with two attached hydrogens (primary N) is 1. The standard InChI is InChI=1S/C6H7N5O/c1-12-5-3-4(9-2-8-3)10-6(7)11-5/h2-3H,1H3,(H2,7,8,9,10). The number of hydrogen-bond donors (Lipinski definition) is 1. The predicted octanol–water partition coefficient (Wildman–Crippen LogP) is -0.831. The summed E-state index contributed by atoms with van der Waals surface area (Å²) in [5.74, 6) is 1.14. The van der Waals surface area contributed by atoms with Crippen LogP contribution in [0.1, 0.15) is 0 Å². The van der Waals surface area contributed by atoms with Crippen molar-refractivity contribution in [3.63, 3.8) is 0 Å². The van der Waals surface area contributed by atoms with Gasteiger partial charge in [0.2, 0.25) is 11.9 Å². The molecule has 0 aromatic carbocycles. The van der Waals surface area contributed by atoms with E-state index in [9.17, 15) is 0 Å². The third kappa shape index (κ3) is 0.884. The fourth-order valence-corrected chi connectivity index (χ4v) is 1.03. The van der Waals surface area contributed by atoms with Crippen LogP contribution in [0.4, 0.5) is 0 Å². The fraction of sp³-hybridized carbons (Fsp3) is 0.333. The maximum Gasteiger partial charge on any atom is 0.224 e. The van der Waals surface area contributed by atoms with Crippen molar-refractivity contribution >= 4 is 24.0 Å². The summed E-state index contributed by atoms with van der Waals surface area (Å²) in [7, 11) is 1.52. The van der Waals surface area contributed by atoms with Gasteiger partial charge < -0.3 is 10.5 Å². The van der Waals surface area contributed by atoms with Crippen LogP contribution in [0.3, 0.4) is 0 Å². The van der Waals surface area contributed by atoms with Crippen molar-refractivity contribution in [3.05, 3.63) is 0 Å². The second kappa shape index (κ2) is 2.40. The molecule has 0 radical (unpaired) electrons. The Balaban J connectivity index is 2.40. The number of amidine groups is 1. The molecule has 0 saturated heterocycles. The average molecular weight is 165 g/mol. The molecule has 2 aliphatic rings. The van der Waals surface area contributed by atoms with Gasteiger partial charge in [0.05, 0.1) is 7.11 Å².